The number of rotatable bonds is 2. The van der Waals surface area contributed by atoms with E-state index in [1.54, 1.807) is 4.90 Å². The molecule has 0 saturated heterocycles. The van der Waals surface area contributed by atoms with Crippen molar-refractivity contribution in [1.29, 1.82) is 0 Å². The van der Waals surface area contributed by atoms with Gasteiger partial charge in [-0.15, -0.1) is 0 Å². The molecular weight excluding hydrogens is 334 g/mol. The van der Waals surface area contributed by atoms with Crippen molar-refractivity contribution in [3.05, 3.63) is 83.7 Å². The van der Waals surface area contributed by atoms with Gasteiger partial charge in [0, 0.05) is 18.0 Å². The Balaban J connectivity index is 1.62. The van der Waals surface area contributed by atoms with Gasteiger partial charge in [0.15, 0.2) is 10.7 Å². The fourth-order valence-electron chi connectivity index (χ4n) is 3.46. The van der Waals surface area contributed by atoms with Gasteiger partial charge in [0.25, 0.3) is 0 Å². The molecule has 0 amide bonds. The van der Waals surface area contributed by atoms with Crippen molar-refractivity contribution < 1.29 is 4.90 Å². The minimum atomic E-state index is 0.350. The van der Waals surface area contributed by atoms with Gasteiger partial charge in [-0.1, -0.05) is 30.3 Å². The molecule has 2 aliphatic rings. The van der Waals surface area contributed by atoms with Crippen LogP contribution in [0.4, 0.5) is 0 Å². The lowest BCUT2D eigenvalue weighted by Gasteiger charge is -2.42. The SMILES string of the molecule is c1ccc(C[NH+]2[C@H]3Sc4ncccc4[C@@H]2Sc2ncccc23)cc1. The average Bonchev–Trinajstić information content (AvgIpc) is 2.63. The molecule has 2 atom stereocenters. The van der Waals surface area contributed by atoms with E-state index < -0.39 is 0 Å². The van der Waals surface area contributed by atoms with E-state index in [2.05, 4.69) is 52.4 Å². The molecule has 2 aromatic heterocycles. The number of benzene rings is 1. The number of thioether (sulfide) groups is 2. The van der Waals surface area contributed by atoms with Crippen LogP contribution >= 0.6 is 23.5 Å². The fourth-order valence-corrected chi connectivity index (χ4v) is 6.40. The number of hydrogen-bond donors (Lipinski definition) is 1. The highest BCUT2D eigenvalue weighted by atomic mass is 32.2. The van der Waals surface area contributed by atoms with E-state index in [4.69, 9.17) is 0 Å². The molecule has 24 heavy (non-hydrogen) atoms. The van der Waals surface area contributed by atoms with Gasteiger partial charge >= 0.3 is 0 Å². The first kappa shape index (κ1) is 14.5. The predicted molar refractivity (Wildman–Crippen MR) is 96.8 cm³/mol. The van der Waals surface area contributed by atoms with Crippen molar-refractivity contribution in [2.24, 2.45) is 0 Å². The summed E-state index contributed by atoms with van der Waals surface area (Å²) in [6.07, 6.45) is 3.80. The second-order valence-corrected chi connectivity index (χ2v) is 8.22. The van der Waals surface area contributed by atoms with Crippen LogP contribution in [0.15, 0.2) is 77.0 Å². The van der Waals surface area contributed by atoms with Crippen molar-refractivity contribution >= 4 is 23.5 Å². The van der Waals surface area contributed by atoms with Crippen LogP contribution in [-0.4, -0.2) is 9.97 Å². The van der Waals surface area contributed by atoms with E-state index in [9.17, 15) is 0 Å². The second-order valence-electron chi connectivity index (χ2n) is 6.03. The molecule has 118 valence electrons. The molecule has 2 aliphatic heterocycles. The summed E-state index contributed by atoms with van der Waals surface area (Å²) in [5, 5.41) is 3.04. The molecule has 4 heterocycles. The molecule has 0 unspecified atom stereocenters. The van der Waals surface area contributed by atoms with Crippen molar-refractivity contribution in [2.45, 2.75) is 27.3 Å². The first-order valence-electron chi connectivity index (χ1n) is 8.03. The number of nitrogens with zero attached hydrogens (tertiary/aromatic N) is 2. The Bertz CT molecular complexity index is 831. The maximum atomic E-state index is 4.63. The lowest BCUT2D eigenvalue weighted by Crippen LogP contribution is -3.11. The second kappa shape index (κ2) is 5.92. The number of nitrogens with one attached hydrogen (secondary N) is 1. The Morgan fingerprint density at radius 3 is 1.92 bits per heavy atom. The molecule has 0 aliphatic carbocycles. The average molecular weight is 350 g/mol. The molecule has 5 rings (SSSR count). The van der Waals surface area contributed by atoms with Crippen LogP contribution in [0.3, 0.4) is 0 Å². The summed E-state index contributed by atoms with van der Waals surface area (Å²) in [6.45, 7) is 1.01. The molecule has 1 aromatic carbocycles. The Morgan fingerprint density at radius 1 is 0.750 bits per heavy atom. The van der Waals surface area contributed by atoms with Crippen molar-refractivity contribution in [1.82, 2.24) is 9.97 Å². The number of quaternary nitrogens is 1. The third kappa shape index (κ3) is 2.35. The third-order valence-corrected chi connectivity index (χ3v) is 7.26. The van der Waals surface area contributed by atoms with Gasteiger partial charge in [-0.2, -0.15) is 0 Å². The van der Waals surface area contributed by atoms with E-state index in [1.807, 2.05) is 48.1 Å². The summed E-state index contributed by atoms with van der Waals surface area (Å²) in [7, 11) is 0. The van der Waals surface area contributed by atoms with Crippen molar-refractivity contribution in [3.63, 3.8) is 0 Å². The van der Waals surface area contributed by atoms with E-state index >= 15 is 0 Å². The number of pyridine rings is 2. The first-order valence-corrected chi connectivity index (χ1v) is 9.79. The summed E-state index contributed by atoms with van der Waals surface area (Å²) >= 11 is 3.76. The lowest BCUT2D eigenvalue weighted by molar-refractivity contribution is -0.947. The van der Waals surface area contributed by atoms with E-state index in [0.29, 0.717) is 10.7 Å². The summed E-state index contributed by atoms with van der Waals surface area (Å²) in [5.41, 5.74) is 4.06. The van der Waals surface area contributed by atoms with Crippen LogP contribution in [0.2, 0.25) is 0 Å². The lowest BCUT2D eigenvalue weighted by atomic mass is 10.1. The highest BCUT2D eigenvalue weighted by Crippen LogP contribution is 2.49. The minimum absolute atomic E-state index is 0.350. The van der Waals surface area contributed by atoms with Gasteiger partial charge in [0.2, 0.25) is 0 Å². The van der Waals surface area contributed by atoms with Crippen LogP contribution in [0.5, 0.6) is 0 Å². The van der Waals surface area contributed by atoms with E-state index in [0.717, 1.165) is 6.54 Å². The quantitative estimate of drug-likeness (QED) is 0.767. The van der Waals surface area contributed by atoms with Crippen LogP contribution in [-0.2, 0) is 6.54 Å². The zero-order chi connectivity index (χ0) is 15.9. The molecule has 0 radical (unpaired) electrons. The first-order chi connectivity index (χ1) is 11.9. The van der Waals surface area contributed by atoms with Crippen LogP contribution in [0.1, 0.15) is 27.4 Å². The standard InChI is InChI=1S/C19H15N3S2/c1-2-6-13(7-3-1)12-22-18-14-8-4-10-20-16(14)23-19(22)15-9-5-11-21-17(15)24-18/h1-11,18-19H,12H2/p+1/t18-,19-/m0/s1. The van der Waals surface area contributed by atoms with Crippen molar-refractivity contribution in [2.75, 3.05) is 0 Å². The van der Waals surface area contributed by atoms with Gasteiger partial charge in [-0.05, 0) is 47.8 Å². The van der Waals surface area contributed by atoms with Gasteiger partial charge in [-0.25, -0.2) is 9.97 Å². The molecule has 1 N–H and O–H groups in total. The minimum Gasteiger partial charge on any atom is -0.301 e. The van der Waals surface area contributed by atoms with Crippen LogP contribution in [0.25, 0.3) is 0 Å². The molecule has 2 bridgehead atoms. The molecule has 5 heteroatoms. The van der Waals surface area contributed by atoms with Crippen LogP contribution in [0, 0.1) is 0 Å². The Morgan fingerprint density at radius 2 is 1.33 bits per heavy atom. The maximum Gasteiger partial charge on any atom is 0.170 e. The van der Waals surface area contributed by atoms with Crippen molar-refractivity contribution in [3.8, 4) is 0 Å². The highest BCUT2D eigenvalue weighted by Gasteiger charge is 2.46. The van der Waals surface area contributed by atoms with Gasteiger partial charge in [0.1, 0.15) is 16.6 Å². The summed E-state index contributed by atoms with van der Waals surface area (Å²) in [6, 6.07) is 19.3. The number of aromatic nitrogens is 2. The van der Waals surface area contributed by atoms with E-state index in [1.165, 1.54) is 26.7 Å². The monoisotopic (exact) mass is 350 g/mol. The normalized spacial score (nSPS) is 24.1. The summed E-state index contributed by atoms with van der Waals surface area (Å²) in [5.74, 6) is 0. The zero-order valence-corrected chi connectivity index (χ0v) is 14.6. The third-order valence-electron chi connectivity index (χ3n) is 4.55. The zero-order valence-electron chi connectivity index (χ0n) is 12.9. The predicted octanol–water partition coefficient (Wildman–Crippen LogP) is 3.47. The Kier molecular flexibility index (Phi) is 3.58. The summed E-state index contributed by atoms with van der Waals surface area (Å²) in [4.78, 5) is 10.8. The summed E-state index contributed by atoms with van der Waals surface area (Å²) < 4.78 is 0. The van der Waals surface area contributed by atoms with Gasteiger partial charge in [0.05, 0.1) is 11.1 Å². The molecule has 0 fully saturated rings. The Hall–Kier alpha value is -1.82. The molecule has 3 nitrogen and oxygen atoms in total. The molecule has 0 spiro atoms. The fraction of sp³-hybridized carbons (Fsp3) is 0.158. The highest BCUT2D eigenvalue weighted by molar-refractivity contribution is 8.01. The molecule has 3 aromatic rings. The largest absolute Gasteiger partial charge is 0.301 e. The number of fused-ring (bicyclic) bond motifs is 6. The number of hydrogen-bond acceptors (Lipinski definition) is 4. The molecule has 0 saturated carbocycles. The van der Waals surface area contributed by atoms with Crippen LogP contribution < -0.4 is 4.90 Å². The topological polar surface area (TPSA) is 30.2 Å². The van der Waals surface area contributed by atoms with Gasteiger partial charge < -0.3 is 4.90 Å². The Labute approximate surface area is 149 Å². The molecular formula is C19H16N3S2+. The van der Waals surface area contributed by atoms with Gasteiger partial charge in [-0.3, -0.25) is 0 Å². The smallest absolute Gasteiger partial charge is 0.170 e. The van der Waals surface area contributed by atoms with E-state index in [-0.39, 0.29) is 0 Å². The maximum absolute atomic E-state index is 4.63.